The predicted octanol–water partition coefficient (Wildman–Crippen LogP) is 1.50. The van der Waals surface area contributed by atoms with Gasteiger partial charge in [-0.1, -0.05) is 6.07 Å². The molecule has 0 aliphatic heterocycles. The Labute approximate surface area is 100 Å². The van der Waals surface area contributed by atoms with Gasteiger partial charge in [-0.15, -0.1) is 0 Å². The van der Waals surface area contributed by atoms with E-state index in [4.69, 9.17) is 5.73 Å². The number of hydrogen-bond donors (Lipinski definition) is 2. The summed E-state index contributed by atoms with van der Waals surface area (Å²) in [4.78, 5) is 0. The maximum atomic E-state index is 13.5. The van der Waals surface area contributed by atoms with Crippen LogP contribution < -0.4 is 5.73 Å². The SMILES string of the molecule is Cn1ncc(C(O)c2ccc(F)c(F)c2F)c1N. The Kier molecular flexibility index (Phi) is 3.00. The molecule has 0 radical (unpaired) electrons. The molecule has 0 aliphatic rings. The zero-order chi connectivity index (χ0) is 13.4. The highest BCUT2D eigenvalue weighted by Crippen LogP contribution is 2.29. The highest BCUT2D eigenvalue weighted by molar-refractivity contribution is 5.44. The molecule has 1 aromatic carbocycles. The van der Waals surface area contributed by atoms with Crippen LogP contribution in [0.2, 0.25) is 0 Å². The maximum Gasteiger partial charge on any atom is 0.194 e. The van der Waals surface area contributed by atoms with Gasteiger partial charge in [-0.05, 0) is 6.07 Å². The normalized spacial score (nSPS) is 12.7. The molecule has 2 aromatic rings. The summed E-state index contributed by atoms with van der Waals surface area (Å²) in [5.74, 6) is -4.27. The number of hydrogen-bond acceptors (Lipinski definition) is 3. The molecule has 1 atom stereocenters. The number of anilines is 1. The van der Waals surface area contributed by atoms with Gasteiger partial charge >= 0.3 is 0 Å². The second-order valence-corrected chi connectivity index (χ2v) is 3.78. The molecule has 0 bridgehead atoms. The van der Waals surface area contributed by atoms with Gasteiger partial charge in [0, 0.05) is 18.2 Å². The van der Waals surface area contributed by atoms with Crippen LogP contribution in [-0.2, 0) is 7.05 Å². The van der Waals surface area contributed by atoms with Crippen LogP contribution in [-0.4, -0.2) is 14.9 Å². The van der Waals surface area contributed by atoms with Crippen molar-refractivity contribution in [2.45, 2.75) is 6.10 Å². The average Bonchev–Trinajstić information content (AvgIpc) is 2.67. The second-order valence-electron chi connectivity index (χ2n) is 3.78. The van der Waals surface area contributed by atoms with Crippen LogP contribution in [0.25, 0.3) is 0 Å². The van der Waals surface area contributed by atoms with Crippen molar-refractivity contribution in [2.24, 2.45) is 7.05 Å². The van der Waals surface area contributed by atoms with Crippen molar-refractivity contribution in [1.82, 2.24) is 9.78 Å². The molecule has 3 N–H and O–H groups in total. The standard InChI is InChI=1S/C11H10F3N3O/c1-17-11(15)6(4-16-17)10(18)5-2-3-7(12)9(14)8(5)13/h2-4,10,18H,15H2,1H3. The summed E-state index contributed by atoms with van der Waals surface area (Å²) in [6.07, 6.45) is -0.269. The van der Waals surface area contributed by atoms with Gasteiger partial charge in [0.1, 0.15) is 11.9 Å². The molecule has 96 valence electrons. The van der Waals surface area contributed by atoms with E-state index < -0.39 is 29.1 Å². The minimum Gasteiger partial charge on any atom is -0.384 e. The lowest BCUT2D eigenvalue weighted by atomic mass is 10.0. The number of aryl methyl sites for hydroxylation is 1. The predicted molar refractivity (Wildman–Crippen MR) is 58.0 cm³/mol. The molecule has 4 nitrogen and oxygen atoms in total. The molecule has 0 aliphatic carbocycles. The fraction of sp³-hybridized carbons (Fsp3) is 0.182. The smallest absolute Gasteiger partial charge is 0.194 e. The number of aliphatic hydroxyl groups is 1. The van der Waals surface area contributed by atoms with Crippen LogP contribution in [0.15, 0.2) is 18.3 Å². The lowest BCUT2D eigenvalue weighted by Gasteiger charge is -2.12. The lowest BCUT2D eigenvalue weighted by Crippen LogP contribution is -2.08. The molecule has 2 rings (SSSR count). The largest absolute Gasteiger partial charge is 0.384 e. The number of aliphatic hydroxyl groups excluding tert-OH is 1. The van der Waals surface area contributed by atoms with Crippen molar-refractivity contribution in [1.29, 1.82) is 0 Å². The number of nitrogens with two attached hydrogens (primary N) is 1. The number of benzene rings is 1. The van der Waals surface area contributed by atoms with E-state index in [0.717, 1.165) is 12.1 Å². The molecule has 0 saturated heterocycles. The fourth-order valence-electron chi connectivity index (χ4n) is 1.59. The molecular weight excluding hydrogens is 247 g/mol. The van der Waals surface area contributed by atoms with Gasteiger partial charge in [-0.25, -0.2) is 13.2 Å². The van der Waals surface area contributed by atoms with Gasteiger partial charge in [-0.3, -0.25) is 4.68 Å². The Morgan fingerprint density at radius 2 is 1.89 bits per heavy atom. The van der Waals surface area contributed by atoms with Crippen molar-refractivity contribution in [3.63, 3.8) is 0 Å². The zero-order valence-corrected chi connectivity index (χ0v) is 9.36. The van der Waals surface area contributed by atoms with E-state index in [9.17, 15) is 18.3 Å². The highest BCUT2D eigenvalue weighted by Gasteiger charge is 2.23. The summed E-state index contributed by atoms with van der Waals surface area (Å²) >= 11 is 0. The molecular formula is C11H10F3N3O. The number of rotatable bonds is 2. The molecule has 1 heterocycles. The number of nitrogens with zero attached hydrogens (tertiary/aromatic N) is 2. The first-order chi connectivity index (χ1) is 8.43. The topological polar surface area (TPSA) is 64.1 Å². The third-order valence-electron chi connectivity index (χ3n) is 2.67. The zero-order valence-electron chi connectivity index (χ0n) is 9.36. The Balaban J connectivity index is 2.50. The maximum absolute atomic E-state index is 13.5. The summed E-state index contributed by atoms with van der Waals surface area (Å²) < 4.78 is 40.6. The number of aromatic nitrogens is 2. The van der Waals surface area contributed by atoms with E-state index in [2.05, 4.69) is 5.10 Å². The van der Waals surface area contributed by atoms with E-state index in [0.29, 0.717) is 0 Å². The molecule has 0 saturated carbocycles. The lowest BCUT2D eigenvalue weighted by molar-refractivity contribution is 0.213. The first-order valence-corrected chi connectivity index (χ1v) is 5.02. The van der Waals surface area contributed by atoms with Gasteiger partial charge in [-0.2, -0.15) is 5.10 Å². The molecule has 0 amide bonds. The summed E-state index contributed by atoms with van der Waals surface area (Å²) in [6.45, 7) is 0. The third-order valence-corrected chi connectivity index (χ3v) is 2.67. The van der Waals surface area contributed by atoms with E-state index in [1.165, 1.54) is 17.9 Å². The Bertz CT molecular complexity index is 597. The summed E-state index contributed by atoms with van der Waals surface area (Å²) in [5, 5.41) is 13.7. The van der Waals surface area contributed by atoms with Crippen molar-refractivity contribution in [3.8, 4) is 0 Å². The monoisotopic (exact) mass is 257 g/mol. The fourth-order valence-corrected chi connectivity index (χ4v) is 1.59. The molecule has 1 aromatic heterocycles. The van der Waals surface area contributed by atoms with Crippen molar-refractivity contribution < 1.29 is 18.3 Å². The quantitative estimate of drug-likeness (QED) is 0.801. The van der Waals surface area contributed by atoms with Crippen LogP contribution in [0.4, 0.5) is 19.0 Å². The molecule has 0 fully saturated rings. The van der Waals surface area contributed by atoms with Gasteiger partial charge in [0.15, 0.2) is 17.5 Å². The van der Waals surface area contributed by atoms with E-state index in [1.807, 2.05) is 0 Å². The van der Waals surface area contributed by atoms with Gasteiger partial charge < -0.3 is 10.8 Å². The van der Waals surface area contributed by atoms with E-state index in [-0.39, 0.29) is 11.4 Å². The Morgan fingerprint density at radius 1 is 1.22 bits per heavy atom. The minimum atomic E-state index is -1.63. The van der Waals surface area contributed by atoms with Crippen LogP contribution in [0.3, 0.4) is 0 Å². The van der Waals surface area contributed by atoms with Crippen molar-refractivity contribution >= 4 is 5.82 Å². The number of nitrogen functional groups attached to an aromatic ring is 1. The highest BCUT2D eigenvalue weighted by atomic mass is 19.2. The third kappa shape index (κ3) is 1.82. The van der Waals surface area contributed by atoms with E-state index >= 15 is 0 Å². The summed E-state index contributed by atoms with van der Waals surface area (Å²) in [5.41, 5.74) is 5.34. The van der Waals surface area contributed by atoms with Crippen LogP contribution in [0.5, 0.6) is 0 Å². The van der Waals surface area contributed by atoms with Crippen LogP contribution in [0, 0.1) is 17.5 Å². The van der Waals surface area contributed by atoms with Gasteiger partial charge in [0.25, 0.3) is 0 Å². The molecule has 7 heteroatoms. The average molecular weight is 257 g/mol. The summed E-state index contributed by atoms with van der Waals surface area (Å²) in [6, 6.07) is 1.70. The second kappa shape index (κ2) is 4.34. The van der Waals surface area contributed by atoms with E-state index in [1.54, 1.807) is 0 Å². The summed E-state index contributed by atoms with van der Waals surface area (Å²) in [7, 11) is 1.53. The van der Waals surface area contributed by atoms with Gasteiger partial charge in [0.2, 0.25) is 0 Å². The first-order valence-electron chi connectivity index (χ1n) is 5.02. The van der Waals surface area contributed by atoms with Crippen molar-refractivity contribution in [2.75, 3.05) is 5.73 Å². The van der Waals surface area contributed by atoms with Gasteiger partial charge in [0.05, 0.1) is 6.20 Å². The van der Waals surface area contributed by atoms with Crippen LogP contribution >= 0.6 is 0 Å². The minimum absolute atomic E-state index is 0.117. The van der Waals surface area contributed by atoms with Crippen molar-refractivity contribution in [3.05, 3.63) is 46.9 Å². The Morgan fingerprint density at radius 3 is 2.44 bits per heavy atom. The van der Waals surface area contributed by atoms with Crippen LogP contribution in [0.1, 0.15) is 17.2 Å². The Hall–Kier alpha value is -2.02. The molecule has 18 heavy (non-hydrogen) atoms. The molecule has 0 spiro atoms. The number of halogens is 3. The first kappa shape index (κ1) is 12.4. The molecule has 1 unspecified atom stereocenters.